The van der Waals surface area contributed by atoms with Crippen LogP contribution in [0.1, 0.15) is 35.3 Å². The van der Waals surface area contributed by atoms with Gasteiger partial charge in [-0.15, -0.1) is 0 Å². The molecular weight excluding hydrogens is 448 g/mol. The third-order valence-electron chi connectivity index (χ3n) is 4.62. The topological polar surface area (TPSA) is 73.7 Å². The molecule has 0 saturated carbocycles. The number of carbonyl (C=O) groups excluding carboxylic acids is 2. The van der Waals surface area contributed by atoms with Crippen LogP contribution in [0.4, 0.5) is 31.1 Å². The van der Waals surface area contributed by atoms with Crippen LogP contribution in [0.15, 0.2) is 30.5 Å². The standard InChI is InChI=1S/C19H17F6N3O4/c1-2-31-16(29)15-9-27(8-14-3-4-26-28(14)15)17(30)32-10-11-5-12(18(20,21)22)7-13(6-11)19(23,24)25/h3-7,15H,2,8-10H2,1H3. The van der Waals surface area contributed by atoms with Gasteiger partial charge in [-0.25, -0.2) is 9.59 Å². The second kappa shape index (κ2) is 8.71. The summed E-state index contributed by atoms with van der Waals surface area (Å²) in [6, 6.07) is 1.53. The summed E-state index contributed by atoms with van der Waals surface area (Å²) in [4.78, 5) is 25.8. The summed E-state index contributed by atoms with van der Waals surface area (Å²) in [6.07, 6.45) is -9.63. The lowest BCUT2D eigenvalue weighted by Gasteiger charge is -2.31. The maximum Gasteiger partial charge on any atom is 0.416 e. The number of aromatic nitrogens is 2. The molecule has 1 aromatic carbocycles. The Morgan fingerprint density at radius 1 is 1.06 bits per heavy atom. The Kier molecular flexibility index (Phi) is 6.37. The molecule has 0 saturated heterocycles. The van der Waals surface area contributed by atoms with Crippen molar-refractivity contribution >= 4 is 12.1 Å². The summed E-state index contributed by atoms with van der Waals surface area (Å²) >= 11 is 0. The van der Waals surface area contributed by atoms with Crippen molar-refractivity contribution in [2.45, 2.75) is 38.5 Å². The smallest absolute Gasteiger partial charge is 0.416 e. The Balaban J connectivity index is 1.76. The summed E-state index contributed by atoms with van der Waals surface area (Å²) in [7, 11) is 0. The molecule has 2 heterocycles. The maximum absolute atomic E-state index is 13.0. The summed E-state index contributed by atoms with van der Waals surface area (Å²) in [5.74, 6) is -0.650. The van der Waals surface area contributed by atoms with Crippen LogP contribution in [0.5, 0.6) is 0 Å². The zero-order chi connectivity index (χ0) is 23.7. The maximum atomic E-state index is 13.0. The first kappa shape index (κ1) is 23.4. The van der Waals surface area contributed by atoms with Gasteiger partial charge in [0.25, 0.3) is 0 Å². The Bertz CT molecular complexity index is 969. The molecule has 0 bridgehead atoms. The number of alkyl halides is 6. The van der Waals surface area contributed by atoms with Gasteiger partial charge in [0.2, 0.25) is 0 Å². The zero-order valence-electron chi connectivity index (χ0n) is 16.5. The average Bonchev–Trinajstić information content (AvgIpc) is 3.18. The minimum atomic E-state index is -5.02. The van der Waals surface area contributed by atoms with Crippen molar-refractivity contribution in [2.75, 3.05) is 13.2 Å². The van der Waals surface area contributed by atoms with Crippen molar-refractivity contribution in [3.05, 3.63) is 52.8 Å². The number of ether oxygens (including phenoxy) is 2. The quantitative estimate of drug-likeness (QED) is 0.501. The van der Waals surface area contributed by atoms with Crippen molar-refractivity contribution in [1.29, 1.82) is 0 Å². The molecule has 0 spiro atoms. The number of esters is 1. The molecular formula is C19H17F6N3O4. The summed E-state index contributed by atoms with van der Waals surface area (Å²) in [5.41, 5.74) is -3.03. The lowest BCUT2D eigenvalue weighted by molar-refractivity contribution is -0.148. The van der Waals surface area contributed by atoms with E-state index < -0.39 is 53.8 Å². The highest BCUT2D eigenvalue weighted by atomic mass is 19.4. The Morgan fingerprint density at radius 3 is 2.25 bits per heavy atom. The van der Waals surface area contributed by atoms with E-state index in [1.165, 1.54) is 10.9 Å². The summed E-state index contributed by atoms with van der Waals surface area (Å²) in [5, 5.41) is 4.02. The highest BCUT2D eigenvalue weighted by Crippen LogP contribution is 2.36. The van der Waals surface area contributed by atoms with E-state index in [4.69, 9.17) is 9.47 Å². The van der Waals surface area contributed by atoms with Crippen molar-refractivity contribution in [3.63, 3.8) is 0 Å². The largest absolute Gasteiger partial charge is 0.464 e. The number of fused-ring (bicyclic) bond motifs is 1. The molecule has 1 aliphatic heterocycles. The molecule has 32 heavy (non-hydrogen) atoms. The fourth-order valence-corrected chi connectivity index (χ4v) is 3.18. The lowest BCUT2D eigenvalue weighted by atomic mass is 10.1. The van der Waals surface area contributed by atoms with E-state index in [1.54, 1.807) is 13.0 Å². The number of amides is 1. The van der Waals surface area contributed by atoms with E-state index in [1.807, 2.05) is 0 Å². The fraction of sp³-hybridized carbons (Fsp3) is 0.421. The summed E-state index contributed by atoms with van der Waals surface area (Å²) < 4.78 is 89.2. The molecule has 7 nitrogen and oxygen atoms in total. The van der Waals surface area contributed by atoms with E-state index in [2.05, 4.69) is 5.10 Å². The minimum Gasteiger partial charge on any atom is -0.464 e. The SMILES string of the molecule is CCOC(=O)C1CN(C(=O)OCc2cc(C(F)(F)F)cc(C(F)(F)F)c2)Cc2ccnn21. The Hall–Kier alpha value is -3.25. The number of nitrogens with zero attached hydrogens (tertiary/aromatic N) is 3. The van der Waals surface area contributed by atoms with Crippen molar-refractivity contribution in [1.82, 2.24) is 14.7 Å². The number of hydrogen-bond donors (Lipinski definition) is 0. The van der Waals surface area contributed by atoms with Crippen LogP contribution in [0.25, 0.3) is 0 Å². The first-order chi connectivity index (χ1) is 14.9. The first-order valence-electron chi connectivity index (χ1n) is 9.29. The molecule has 0 radical (unpaired) electrons. The van der Waals surface area contributed by atoms with E-state index in [-0.39, 0.29) is 25.8 Å². The number of carbonyl (C=O) groups is 2. The fourth-order valence-electron chi connectivity index (χ4n) is 3.18. The molecule has 3 rings (SSSR count). The number of rotatable bonds is 4. The van der Waals surface area contributed by atoms with Crippen molar-refractivity contribution < 1.29 is 45.4 Å². The van der Waals surface area contributed by atoms with Gasteiger partial charge in [-0.2, -0.15) is 31.4 Å². The Morgan fingerprint density at radius 2 is 1.69 bits per heavy atom. The molecule has 0 N–H and O–H groups in total. The van der Waals surface area contributed by atoms with Crippen LogP contribution in [-0.2, 0) is 39.8 Å². The predicted molar refractivity (Wildman–Crippen MR) is 94.9 cm³/mol. The molecule has 1 aromatic heterocycles. The lowest BCUT2D eigenvalue weighted by Crippen LogP contribution is -2.44. The molecule has 0 fully saturated rings. The molecule has 1 amide bonds. The van der Waals surface area contributed by atoms with Gasteiger partial charge in [-0.3, -0.25) is 9.58 Å². The van der Waals surface area contributed by atoms with Crippen LogP contribution < -0.4 is 0 Å². The van der Waals surface area contributed by atoms with Crippen LogP contribution in [-0.4, -0.2) is 39.9 Å². The van der Waals surface area contributed by atoms with Gasteiger partial charge in [0.15, 0.2) is 6.04 Å². The molecule has 2 aromatic rings. The van der Waals surface area contributed by atoms with Crippen LogP contribution in [0.2, 0.25) is 0 Å². The van der Waals surface area contributed by atoms with Gasteiger partial charge in [-0.1, -0.05) is 0 Å². The monoisotopic (exact) mass is 465 g/mol. The first-order valence-corrected chi connectivity index (χ1v) is 9.29. The predicted octanol–water partition coefficient (Wildman–Crippen LogP) is 4.18. The highest BCUT2D eigenvalue weighted by molar-refractivity contribution is 5.76. The highest BCUT2D eigenvalue weighted by Gasteiger charge is 2.38. The summed E-state index contributed by atoms with van der Waals surface area (Å²) in [6.45, 7) is 0.647. The van der Waals surface area contributed by atoms with Gasteiger partial charge in [-0.05, 0) is 36.8 Å². The van der Waals surface area contributed by atoms with Crippen LogP contribution in [0, 0.1) is 0 Å². The van der Waals surface area contributed by atoms with E-state index in [0.29, 0.717) is 17.8 Å². The van der Waals surface area contributed by atoms with E-state index in [0.717, 1.165) is 4.90 Å². The molecule has 13 heteroatoms. The van der Waals surface area contributed by atoms with Crippen LogP contribution in [0.3, 0.4) is 0 Å². The second-order valence-electron chi connectivity index (χ2n) is 6.88. The Labute approximate surface area is 177 Å². The molecule has 1 unspecified atom stereocenters. The second-order valence-corrected chi connectivity index (χ2v) is 6.88. The molecule has 0 aliphatic carbocycles. The average molecular weight is 465 g/mol. The third kappa shape index (κ3) is 5.14. The minimum absolute atomic E-state index is 0.0128. The molecule has 1 aliphatic rings. The zero-order valence-corrected chi connectivity index (χ0v) is 16.5. The number of halogens is 6. The molecule has 174 valence electrons. The van der Waals surface area contributed by atoms with E-state index in [9.17, 15) is 35.9 Å². The van der Waals surface area contributed by atoms with Gasteiger partial charge in [0, 0.05) is 6.20 Å². The third-order valence-corrected chi connectivity index (χ3v) is 4.62. The molecule has 1 atom stereocenters. The number of benzene rings is 1. The van der Waals surface area contributed by atoms with Gasteiger partial charge in [0.1, 0.15) is 6.61 Å². The van der Waals surface area contributed by atoms with Gasteiger partial charge < -0.3 is 9.47 Å². The van der Waals surface area contributed by atoms with Gasteiger partial charge in [0.05, 0.1) is 36.5 Å². The van der Waals surface area contributed by atoms with Gasteiger partial charge >= 0.3 is 24.4 Å². The van der Waals surface area contributed by atoms with Crippen molar-refractivity contribution in [3.8, 4) is 0 Å². The normalized spacial score (nSPS) is 16.5. The van der Waals surface area contributed by atoms with Crippen molar-refractivity contribution in [2.24, 2.45) is 0 Å². The number of hydrogen-bond acceptors (Lipinski definition) is 5. The van der Waals surface area contributed by atoms with Crippen LogP contribution >= 0.6 is 0 Å². The van der Waals surface area contributed by atoms with E-state index >= 15 is 0 Å².